The lowest BCUT2D eigenvalue weighted by molar-refractivity contribution is -0.146. The third-order valence-electron chi connectivity index (χ3n) is 4.55. The molecule has 2 fully saturated rings. The lowest BCUT2D eigenvalue weighted by atomic mass is 10.3. The Labute approximate surface area is 147 Å². The maximum Gasteiger partial charge on any atom is 0.312 e. The van der Waals surface area contributed by atoms with Crippen molar-refractivity contribution in [1.29, 1.82) is 0 Å². The number of hydrogen-bond donors (Lipinski definition) is 1. The number of nitrogens with zero attached hydrogens (tertiary/aromatic N) is 4. The zero-order valence-corrected chi connectivity index (χ0v) is 14.4. The summed E-state index contributed by atoms with van der Waals surface area (Å²) in [6, 6.07) is 5.78. The molecule has 0 unspecified atom stereocenters. The van der Waals surface area contributed by atoms with Crippen LogP contribution in [0, 0.1) is 0 Å². The topological polar surface area (TPSA) is 78.0 Å². The second-order valence-corrected chi connectivity index (χ2v) is 6.18. The second kappa shape index (κ2) is 8.77. The second-order valence-electron chi connectivity index (χ2n) is 6.18. The molecule has 25 heavy (non-hydrogen) atoms. The van der Waals surface area contributed by atoms with Crippen LogP contribution in [0.3, 0.4) is 0 Å². The number of anilines is 1. The molecule has 0 aromatic carbocycles. The van der Waals surface area contributed by atoms with E-state index in [0.29, 0.717) is 32.7 Å². The fourth-order valence-corrected chi connectivity index (χ4v) is 3.05. The molecule has 1 aromatic rings. The van der Waals surface area contributed by atoms with Crippen LogP contribution in [0.25, 0.3) is 0 Å². The van der Waals surface area contributed by atoms with Crippen molar-refractivity contribution in [1.82, 2.24) is 20.1 Å². The van der Waals surface area contributed by atoms with Gasteiger partial charge in [0.1, 0.15) is 5.82 Å². The summed E-state index contributed by atoms with van der Waals surface area (Å²) in [5, 5.41) is 2.73. The van der Waals surface area contributed by atoms with E-state index in [9.17, 15) is 9.59 Å². The monoisotopic (exact) mass is 347 g/mol. The molecule has 0 spiro atoms. The number of carbonyl (C=O) groups is 2. The Bertz CT molecular complexity index is 569. The number of piperazine rings is 1. The molecule has 3 rings (SSSR count). The lowest BCUT2D eigenvalue weighted by Crippen LogP contribution is -2.53. The Hall–Kier alpha value is -2.19. The highest BCUT2D eigenvalue weighted by molar-refractivity contribution is 6.35. The van der Waals surface area contributed by atoms with E-state index in [1.165, 1.54) is 0 Å². The molecule has 3 heterocycles. The predicted octanol–water partition coefficient (Wildman–Crippen LogP) is -0.821. The number of carbonyl (C=O) groups excluding carboxylic acids is 2. The fraction of sp³-hybridized carbons (Fsp3) is 0.588. The minimum absolute atomic E-state index is 0.442. The van der Waals surface area contributed by atoms with Crippen LogP contribution < -0.4 is 10.2 Å². The number of amides is 2. The number of pyridine rings is 1. The third kappa shape index (κ3) is 4.90. The van der Waals surface area contributed by atoms with E-state index in [1.807, 2.05) is 18.2 Å². The van der Waals surface area contributed by atoms with Gasteiger partial charge in [-0.05, 0) is 12.1 Å². The minimum Gasteiger partial charge on any atom is -0.379 e. The van der Waals surface area contributed by atoms with Crippen molar-refractivity contribution in [2.45, 2.75) is 0 Å². The van der Waals surface area contributed by atoms with Crippen molar-refractivity contribution in [2.75, 3.05) is 70.5 Å². The van der Waals surface area contributed by atoms with Crippen LogP contribution in [-0.2, 0) is 14.3 Å². The normalized spacial score (nSPS) is 18.9. The molecule has 8 nitrogen and oxygen atoms in total. The van der Waals surface area contributed by atoms with E-state index < -0.39 is 11.8 Å². The molecular weight excluding hydrogens is 322 g/mol. The molecule has 0 saturated carbocycles. The third-order valence-corrected chi connectivity index (χ3v) is 4.55. The maximum absolute atomic E-state index is 12.3. The van der Waals surface area contributed by atoms with Crippen LogP contribution in [0.5, 0.6) is 0 Å². The molecule has 2 saturated heterocycles. The Balaban J connectivity index is 1.38. The molecule has 136 valence electrons. The summed E-state index contributed by atoms with van der Waals surface area (Å²) in [4.78, 5) is 34.6. The largest absolute Gasteiger partial charge is 0.379 e. The molecule has 2 aliphatic rings. The fourth-order valence-electron chi connectivity index (χ4n) is 3.05. The smallest absolute Gasteiger partial charge is 0.312 e. The van der Waals surface area contributed by atoms with Gasteiger partial charge in [0.05, 0.1) is 13.2 Å². The number of aromatic nitrogens is 1. The molecule has 0 radical (unpaired) electrons. The Morgan fingerprint density at radius 3 is 2.52 bits per heavy atom. The first-order chi connectivity index (χ1) is 12.2. The number of hydrogen-bond acceptors (Lipinski definition) is 6. The van der Waals surface area contributed by atoms with E-state index >= 15 is 0 Å². The van der Waals surface area contributed by atoms with Gasteiger partial charge in [-0.25, -0.2) is 4.98 Å². The average molecular weight is 347 g/mol. The molecule has 0 aliphatic carbocycles. The Kier molecular flexibility index (Phi) is 6.19. The van der Waals surface area contributed by atoms with Gasteiger partial charge in [-0.2, -0.15) is 0 Å². The molecule has 2 aliphatic heterocycles. The van der Waals surface area contributed by atoms with Crippen molar-refractivity contribution in [3.63, 3.8) is 0 Å². The highest BCUT2D eigenvalue weighted by atomic mass is 16.5. The van der Waals surface area contributed by atoms with E-state index in [4.69, 9.17) is 4.74 Å². The van der Waals surface area contributed by atoms with Crippen LogP contribution in [0.15, 0.2) is 24.4 Å². The first kappa shape index (κ1) is 17.6. The van der Waals surface area contributed by atoms with Crippen molar-refractivity contribution >= 4 is 17.6 Å². The van der Waals surface area contributed by atoms with Crippen LogP contribution in [0.4, 0.5) is 5.82 Å². The first-order valence-electron chi connectivity index (χ1n) is 8.77. The van der Waals surface area contributed by atoms with Crippen LogP contribution >= 0.6 is 0 Å². The summed E-state index contributed by atoms with van der Waals surface area (Å²) in [7, 11) is 0. The van der Waals surface area contributed by atoms with Gasteiger partial charge < -0.3 is 19.9 Å². The molecule has 1 aromatic heterocycles. The van der Waals surface area contributed by atoms with Gasteiger partial charge in [-0.3, -0.25) is 14.5 Å². The standard InChI is InChI=1S/C17H25N5O3/c23-16(19-5-6-20-11-13-25-14-12-20)17(24)22-9-7-21(8-10-22)15-3-1-2-4-18-15/h1-4H,5-14H2,(H,19,23). The molecular formula is C17H25N5O3. The van der Waals surface area contributed by atoms with Gasteiger partial charge in [0.15, 0.2) is 0 Å². The summed E-state index contributed by atoms with van der Waals surface area (Å²) in [5.74, 6) is -0.0493. The maximum atomic E-state index is 12.3. The number of nitrogens with one attached hydrogen (secondary N) is 1. The van der Waals surface area contributed by atoms with E-state index in [0.717, 1.165) is 38.7 Å². The first-order valence-corrected chi connectivity index (χ1v) is 8.77. The highest BCUT2D eigenvalue weighted by Gasteiger charge is 2.26. The van der Waals surface area contributed by atoms with Crippen LogP contribution in [0.1, 0.15) is 0 Å². The number of rotatable bonds is 4. The van der Waals surface area contributed by atoms with Crippen LogP contribution in [0.2, 0.25) is 0 Å². The van der Waals surface area contributed by atoms with Crippen molar-refractivity contribution in [2.24, 2.45) is 0 Å². The molecule has 1 N–H and O–H groups in total. The quantitative estimate of drug-likeness (QED) is 0.717. The van der Waals surface area contributed by atoms with Crippen molar-refractivity contribution < 1.29 is 14.3 Å². The van der Waals surface area contributed by atoms with E-state index in [1.54, 1.807) is 11.1 Å². The zero-order chi connectivity index (χ0) is 17.5. The summed E-state index contributed by atoms with van der Waals surface area (Å²) in [6.07, 6.45) is 1.76. The number of morpholine rings is 1. The molecule has 2 amide bonds. The van der Waals surface area contributed by atoms with Gasteiger partial charge in [0.2, 0.25) is 0 Å². The van der Waals surface area contributed by atoms with Crippen molar-refractivity contribution in [3.8, 4) is 0 Å². The molecule has 8 heteroatoms. The number of ether oxygens (including phenoxy) is 1. The van der Waals surface area contributed by atoms with E-state index in [2.05, 4.69) is 20.1 Å². The van der Waals surface area contributed by atoms with E-state index in [-0.39, 0.29) is 0 Å². The summed E-state index contributed by atoms with van der Waals surface area (Å²) >= 11 is 0. The summed E-state index contributed by atoms with van der Waals surface area (Å²) in [5.41, 5.74) is 0. The van der Waals surface area contributed by atoms with Crippen molar-refractivity contribution in [3.05, 3.63) is 24.4 Å². The molecule has 0 bridgehead atoms. The Morgan fingerprint density at radius 1 is 1.08 bits per heavy atom. The highest BCUT2D eigenvalue weighted by Crippen LogP contribution is 2.12. The molecule has 0 atom stereocenters. The van der Waals surface area contributed by atoms with Gasteiger partial charge in [-0.15, -0.1) is 0 Å². The predicted molar refractivity (Wildman–Crippen MR) is 93.3 cm³/mol. The Morgan fingerprint density at radius 2 is 1.84 bits per heavy atom. The van der Waals surface area contributed by atoms with Gasteiger partial charge in [-0.1, -0.05) is 6.07 Å². The lowest BCUT2D eigenvalue weighted by Gasteiger charge is -2.35. The SMILES string of the molecule is O=C(NCCN1CCOCC1)C(=O)N1CCN(c2ccccn2)CC1. The van der Waals surface area contributed by atoms with Gasteiger partial charge in [0, 0.05) is 58.6 Å². The van der Waals surface area contributed by atoms with Gasteiger partial charge >= 0.3 is 11.8 Å². The average Bonchev–Trinajstić information content (AvgIpc) is 2.69. The van der Waals surface area contributed by atoms with Crippen LogP contribution in [-0.4, -0.2) is 92.2 Å². The summed E-state index contributed by atoms with van der Waals surface area (Å²) < 4.78 is 5.29. The minimum atomic E-state index is -0.514. The summed E-state index contributed by atoms with van der Waals surface area (Å²) in [6.45, 7) is 6.87. The van der Waals surface area contributed by atoms with Gasteiger partial charge in [0.25, 0.3) is 0 Å². The zero-order valence-electron chi connectivity index (χ0n) is 14.4.